The monoisotopic (exact) mass is 334 g/mol. The fraction of sp³-hybridized carbons (Fsp3) is 0.0714. The zero-order chi connectivity index (χ0) is 14.5. The largest absolute Gasteiger partial charge is 0.212 e. The first-order chi connectivity index (χ1) is 10.3. The molecule has 0 saturated heterocycles. The maximum atomic E-state index is 5.88. The molecule has 3 rings (SSSR count). The molecule has 3 aromatic rings. The van der Waals surface area contributed by atoms with Crippen LogP contribution in [0.4, 0.5) is 0 Å². The van der Waals surface area contributed by atoms with E-state index in [2.05, 4.69) is 15.3 Å². The van der Waals surface area contributed by atoms with Crippen LogP contribution in [0.3, 0.4) is 0 Å². The summed E-state index contributed by atoms with van der Waals surface area (Å²) >= 11 is 9.10. The standard InChI is InChI=1S/C14H11ClN4S2/c15-12-5-3-11(4-6-12)9-21-14-18-16-10-19(14)17-8-13-2-1-7-20-13/h1-8,10H,9H2. The average Bonchev–Trinajstić information content (AvgIpc) is 3.16. The SMILES string of the molecule is Clc1ccc(CSc2nncn2N=Cc2cccs2)cc1. The number of nitrogens with zero attached hydrogens (tertiary/aromatic N) is 4. The van der Waals surface area contributed by atoms with Crippen LogP contribution in [0.15, 0.2) is 58.4 Å². The first kappa shape index (κ1) is 14.3. The number of hydrogen-bond donors (Lipinski definition) is 0. The topological polar surface area (TPSA) is 43.1 Å². The van der Waals surface area contributed by atoms with Crippen molar-refractivity contribution in [3.63, 3.8) is 0 Å². The summed E-state index contributed by atoms with van der Waals surface area (Å²) in [4.78, 5) is 1.09. The maximum absolute atomic E-state index is 5.88. The fourth-order valence-electron chi connectivity index (χ4n) is 1.61. The van der Waals surface area contributed by atoms with Gasteiger partial charge in [0.2, 0.25) is 5.16 Å². The molecule has 21 heavy (non-hydrogen) atoms. The van der Waals surface area contributed by atoms with E-state index in [1.165, 1.54) is 5.56 Å². The predicted octanol–water partition coefficient (Wildman–Crippen LogP) is 4.17. The van der Waals surface area contributed by atoms with Gasteiger partial charge in [-0.05, 0) is 29.1 Å². The lowest BCUT2D eigenvalue weighted by atomic mass is 10.2. The zero-order valence-electron chi connectivity index (χ0n) is 10.9. The molecule has 0 saturated carbocycles. The Balaban J connectivity index is 1.66. The second-order valence-electron chi connectivity index (χ2n) is 4.13. The highest BCUT2D eigenvalue weighted by molar-refractivity contribution is 7.98. The minimum atomic E-state index is 0.743. The molecule has 7 heteroatoms. The van der Waals surface area contributed by atoms with E-state index in [0.29, 0.717) is 0 Å². The van der Waals surface area contributed by atoms with Gasteiger partial charge in [0.1, 0.15) is 6.33 Å². The second kappa shape index (κ2) is 6.89. The summed E-state index contributed by atoms with van der Waals surface area (Å²) in [6.07, 6.45) is 3.41. The molecule has 0 fully saturated rings. The molecule has 0 aliphatic heterocycles. The van der Waals surface area contributed by atoms with Gasteiger partial charge in [-0.1, -0.05) is 41.6 Å². The summed E-state index contributed by atoms with van der Waals surface area (Å²) in [7, 11) is 0. The Kier molecular flexibility index (Phi) is 4.69. The molecule has 2 heterocycles. The quantitative estimate of drug-likeness (QED) is 0.519. The first-order valence-corrected chi connectivity index (χ1v) is 8.41. The van der Waals surface area contributed by atoms with Crippen molar-refractivity contribution in [2.45, 2.75) is 10.9 Å². The van der Waals surface area contributed by atoms with Crippen LogP contribution in [0.5, 0.6) is 0 Å². The number of aromatic nitrogens is 3. The molecule has 0 spiro atoms. The number of halogens is 1. The van der Waals surface area contributed by atoms with Crippen molar-refractivity contribution in [2.24, 2.45) is 5.10 Å². The summed E-state index contributed by atoms with van der Waals surface area (Å²) in [6.45, 7) is 0. The molecule has 0 amide bonds. The van der Waals surface area contributed by atoms with Crippen molar-refractivity contribution < 1.29 is 0 Å². The van der Waals surface area contributed by atoms with E-state index in [1.807, 2.05) is 41.8 Å². The van der Waals surface area contributed by atoms with Crippen LogP contribution in [-0.2, 0) is 5.75 Å². The molecule has 0 unspecified atom stereocenters. The van der Waals surface area contributed by atoms with E-state index >= 15 is 0 Å². The van der Waals surface area contributed by atoms with Crippen molar-refractivity contribution >= 4 is 40.9 Å². The highest BCUT2D eigenvalue weighted by atomic mass is 35.5. The van der Waals surface area contributed by atoms with E-state index in [0.717, 1.165) is 20.8 Å². The summed E-state index contributed by atoms with van der Waals surface area (Å²) in [6, 6.07) is 11.8. The van der Waals surface area contributed by atoms with Gasteiger partial charge in [-0.2, -0.15) is 9.78 Å². The Morgan fingerprint density at radius 2 is 2.14 bits per heavy atom. The Labute approximate surface area is 135 Å². The molecule has 1 aromatic carbocycles. The first-order valence-electron chi connectivity index (χ1n) is 6.16. The predicted molar refractivity (Wildman–Crippen MR) is 88.3 cm³/mol. The number of hydrogen-bond acceptors (Lipinski definition) is 5. The molecular formula is C14H11ClN4S2. The smallest absolute Gasteiger partial charge is 0.195 e. The van der Waals surface area contributed by atoms with Crippen LogP contribution in [-0.4, -0.2) is 21.1 Å². The second-order valence-corrected chi connectivity index (χ2v) is 6.49. The van der Waals surface area contributed by atoms with E-state index in [1.54, 1.807) is 40.3 Å². The third kappa shape index (κ3) is 3.93. The van der Waals surface area contributed by atoms with Crippen LogP contribution in [0.25, 0.3) is 0 Å². The maximum Gasteiger partial charge on any atom is 0.212 e. The van der Waals surface area contributed by atoms with E-state index < -0.39 is 0 Å². The van der Waals surface area contributed by atoms with Gasteiger partial charge in [0.15, 0.2) is 0 Å². The lowest BCUT2D eigenvalue weighted by molar-refractivity contribution is 0.767. The van der Waals surface area contributed by atoms with Gasteiger partial charge in [-0.25, -0.2) is 0 Å². The zero-order valence-corrected chi connectivity index (χ0v) is 13.3. The van der Waals surface area contributed by atoms with Gasteiger partial charge in [0, 0.05) is 15.7 Å². The van der Waals surface area contributed by atoms with Gasteiger partial charge in [-0.3, -0.25) is 0 Å². The number of rotatable bonds is 5. The normalized spacial score (nSPS) is 11.3. The van der Waals surface area contributed by atoms with Crippen molar-refractivity contribution in [3.05, 3.63) is 63.6 Å². The summed E-state index contributed by atoms with van der Waals surface area (Å²) in [5.41, 5.74) is 1.18. The third-order valence-electron chi connectivity index (χ3n) is 2.63. The summed E-state index contributed by atoms with van der Waals surface area (Å²) in [5.74, 6) is 0.796. The fourth-order valence-corrected chi connectivity index (χ4v) is 3.13. The Morgan fingerprint density at radius 1 is 1.29 bits per heavy atom. The van der Waals surface area contributed by atoms with Gasteiger partial charge in [0.05, 0.1) is 6.21 Å². The van der Waals surface area contributed by atoms with Gasteiger partial charge >= 0.3 is 0 Å². The molecule has 0 aliphatic rings. The average molecular weight is 335 g/mol. The van der Waals surface area contributed by atoms with Gasteiger partial charge < -0.3 is 0 Å². The summed E-state index contributed by atoms with van der Waals surface area (Å²) in [5, 5.41) is 15.9. The number of benzene rings is 1. The minimum Gasteiger partial charge on any atom is -0.195 e. The number of thiophene rings is 1. The Bertz CT molecular complexity index is 720. The molecule has 2 aromatic heterocycles. The molecule has 0 bridgehead atoms. The molecular weight excluding hydrogens is 324 g/mol. The van der Waals surface area contributed by atoms with Crippen LogP contribution < -0.4 is 0 Å². The van der Waals surface area contributed by atoms with Crippen LogP contribution in [0, 0.1) is 0 Å². The molecule has 0 atom stereocenters. The van der Waals surface area contributed by atoms with Crippen LogP contribution >= 0.6 is 34.7 Å². The highest BCUT2D eigenvalue weighted by Crippen LogP contribution is 2.21. The van der Waals surface area contributed by atoms with Crippen LogP contribution in [0.2, 0.25) is 5.02 Å². The number of thioether (sulfide) groups is 1. The molecule has 0 aliphatic carbocycles. The van der Waals surface area contributed by atoms with E-state index in [9.17, 15) is 0 Å². The minimum absolute atomic E-state index is 0.743. The highest BCUT2D eigenvalue weighted by Gasteiger charge is 2.04. The van der Waals surface area contributed by atoms with Crippen LogP contribution in [0.1, 0.15) is 10.4 Å². The third-order valence-corrected chi connectivity index (χ3v) is 4.70. The van der Waals surface area contributed by atoms with Crippen molar-refractivity contribution in [2.75, 3.05) is 0 Å². The summed E-state index contributed by atoms with van der Waals surface area (Å²) < 4.78 is 1.68. The lowest BCUT2D eigenvalue weighted by Crippen LogP contribution is -1.91. The van der Waals surface area contributed by atoms with Crippen molar-refractivity contribution in [1.29, 1.82) is 0 Å². The van der Waals surface area contributed by atoms with E-state index in [4.69, 9.17) is 11.6 Å². The molecule has 0 N–H and O–H groups in total. The lowest BCUT2D eigenvalue weighted by Gasteiger charge is -2.01. The van der Waals surface area contributed by atoms with Gasteiger partial charge in [-0.15, -0.1) is 21.5 Å². The van der Waals surface area contributed by atoms with Gasteiger partial charge in [0.25, 0.3) is 0 Å². The Morgan fingerprint density at radius 3 is 2.90 bits per heavy atom. The Hall–Kier alpha value is -1.63. The van der Waals surface area contributed by atoms with Crippen molar-refractivity contribution in [3.8, 4) is 0 Å². The molecule has 0 radical (unpaired) electrons. The molecule has 4 nitrogen and oxygen atoms in total. The van der Waals surface area contributed by atoms with Crippen molar-refractivity contribution in [1.82, 2.24) is 14.9 Å². The van der Waals surface area contributed by atoms with E-state index in [-0.39, 0.29) is 0 Å². The molecule has 106 valence electrons.